The average molecular weight is 508 g/mol. The van der Waals surface area contributed by atoms with Gasteiger partial charge in [-0.15, -0.1) is 0 Å². The highest BCUT2D eigenvalue weighted by molar-refractivity contribution is 7.17. The van der Waals surface area contributed by atoms with Crippen LogP contribution < -0.4 is 14.5 Å². The van der Waals surface area contributed by atoms with Gasteiger partial charge in [0.15, 0.2) is 5.13 Å². The predicted octanol–water partition coefficient (Wildman–Crippen LogP) is 3.94. The molecular formula is C26H25N3O6S. The zero-order valence-electron chi connectivity index (χ0n) is 20.4. The van der Waals surface area contributed by atoms with Crippen molar-refractivity contribution in [3.63, 3.8) is 0 Å². The van der Waals surface area contributed by atoms with Gasteiger partial charge in [-0.2, -0.15) is 0 Å². The van der Waals surface area contributed by atoms with Gasteiger partial charge in [-0.1, -0.05) is 35.6 Å². The van der Waals surface area contributed by atoms with Gasteiger partial charge in [-0.05, 0) is 36.8 Å². The fourth-order valence-electron chi connectivity index (χ4n) is 3.99. The minimum atomic E-state index is -0.969. The van der Waals surface area contributed by atoms with Crippen molar-refractivity contribution >= 4 is 45.6 Å². The van der Waals surface area contributed by atoms with Crippen molar-refractivity contribution in [1.29, 1.82) is 0 Å². The number of aliphatic hydroxyl groups is 1. The number of esters is 1. The summed E-state index contributed by atoms with van der Waals surface area (Å²) in [5.41, 5.74) is 2.13. The van der Waals surface area contributed by atoms with Crippen LogP contribution in [0.2, 0.25) is 0 Å². The zero-order chi connectivity index (χ0) is 26.1. The maximum Gasteiger partial charge on any atom is 0.350 e. The van der Waals surface area contributed by atoms with E-state index >= 15 is 0 Å². The van der Waals surface area contributed by atoms with E-state index in [0.29, 0.717) is 22.6 Å². The number of aryl methyl sites for hydroxylation is 1. The summed E-state index contributed by atoms with van der Waals surface area (Å²) >= 11 is 0.952. The number of benzene rings is 2. The number of carbonyl (C=O) groups excluding carboxylic acids is 3. The molecule has 1 fully saturated rings. The Morgan fingerprint density at radius 1 is 1.11 bits per heavy atom. The Labute approximate surface area is 212 Å². The molecule has 0 radical (unpaired) electrons. The third-order valence-corrected chi connectivity index (χ3v) is 7.01. The number of nitrogens with zero attached hydrogens (tertiary/aromatic N) is 3. The molecule has 3 aromatic rings. The van der Waals surface area contributed by atoms with E-state index in [4.69, 9.17) is 9.47 Å². The quantitative estimate of drug-likeness (QED) is 0.231. The van der Waals surface area contributed by atoms with Crippen LogP contribution in [-0.2, 0) is 14.3 Å². The number of ether oxygens (including phenoxy) is 2. The van der Waals surface area contributed by atoms with Crippen LogP contribution in [0.5, 0.6) is 5.75 Å². The van der Waals surface area contributed by atoms with Crippen LogP contribution in [0.3, 0.4) is 0 Å². The molecule has 1 unspecified atom stereocenters. The fraction of sp³-hybridized carbons (Fsp3) is 0.231. The van der Waals surface area contributed by atoms with Crippen molar-refractivity contribution in [3.8, 4) is 5.75 Å². The summed E-state index contributed by atoms with van der Waals surface area (Å²) in [4.78, 5) is 46.6. The highest BCUT2D eigenvalue weighted by Crippen LogP contribution is 2.44. The molecule has 9 nitrogen and oxygen atoms in total. The second kappa shape index (κ2) is 9.82. The van der Waals surface area contributed by atoms with Crippen LogP contribution in [0, 0.1) is 6.92 Å². The first kappa shape index (κ1) is 24.9. The molecular weight excluding hydrogens is 482 g/mol. The Balaban J connectivity index is 1.93. The summed E-state index contributed by atoms with van der Waals surface area (Å²) < 4.78 is 10.1. The van der Waals surface area contributed by atoms with Crippen molar-refractivity contribution in [1.82, 2.24) is 4.98 Å². The van der Waals surface area contributed by atoms with Gasteiger partial charge in [0, 0.05) is 25.3 Å². The van der Waals surface area contributed by atoms with Crippen LogP contribution in [0.15, 0.2) is 54.1 Å². The minimum absolute atomic E-state index is 0.0849. The lowest BCUT2D eigenvalue weighted by molar-refractivity contribution is -0.132. The van der Waals surface area contributed by atoms with E-state index in [1.54, 1.807) is 43.3 Å². The average Bonchev–Trinajstić information content (AvgIpc) is 3.39. The highest BCUT2D eigenvalue weighted by Gasteiger charge is 2.48. The maximum absolute atomic E-state index is 13.3. The third-order valence-electron chi connectivity index (χ3n) is 5.88. The number of hydrogen-bond donors (Lipinski definition) is 1. The lowest BCUT2D eigenvalue weighted by Gasteiger charge is -2.23. The Hall–Kier alpha value is -4.18. The molecule has 2 aromatic carbocycles. The van der Waals surface area contributed by atoms with Crippen molar-refractivity contribution in [2.75, 3.05) is 38.1 Å². The molecule has 10 heteroatoms. The van der Waals surface area contributed by atoms with E-state index in [-0.39, 0.29) is 21.3 Å². The monoisotopic (exact) mass is 507 g/mol. The number of anilines is 2. The van der Waals surface area contributed by atoms with Crippen LogP contribution >= 0.6 is 11.3 Å². The summed E-state index contributed by atoms with van der Waals surface area (Å²) in [6, 6.07) is 12.9. The van der Waals surface area contributed by atoms with Crippen LogP contribution in [0.25, 0.3) is 5.76 Å². The van der Waals surface area contributed by atoms with E-state index in [2.05, 4.69) is 4.98 Å². The molecule has 186 valence electrons. The number of rotatable bonds is 6. The van der Waals surface area contributed by atoms with E-state index in [9.17, 15) is 19.5 Å². The van der Waals surface area contributed by atoms with E-state index in [1.807, 2.05) is 31.1 Å². The molecule has 4 rings (SSSR count). The lowest BCUT2D eigenvalue weighted by atomic mass is 9.95. The topological polar surface area (TPSA) is 109 Å². The molecule has 36 heavy (non-hydrogen) atoms. The van der Waals surface area contributed by atoms with E-state index in [0.717, 1.165) is 17.0 Å². The summed E-state index contributed by atoms with van der Waals surface area (Å²) in [5, 5.41) is 11.4. The molecule has 1 N–H and O–H groups in total. The largest absolute Gasteiger partial charge is 0.507 e. The van der Waals surface area contributed by atoms with Gasteiger partial charge in [0.1, 0.15) is 16.4 Å². The van der Waals surface area contributed by atoms with E-state index in [1.165, 1.54) is 19.1 Å². The SMILES string of the molecule is COC(=O)c1sc(N2C(=O)C(=O)/C(=C(/O)c3cccc(OC)c3)C2c2ccc(N(C)C)cc2)nc1C. The molecule has 1 saturated heterocycles. The minimum Gasteiger partial charge on any atom is -0.507 e. The van der Waals surface area contributed by atoms with Crippen molar-refractivity contribution < 1.29 is 29.0 Å². The molecule has 0 bridgehead atoms. The van der Waals surface area contributed by atoms with Crippen molar-refractivity contribution in [3.05, 3.63) is 75.8 Å². The second-order valence-corrected chi connectivity index (χ2v) is 9.27. The van der Waals surface area contributed by atoms with Gasteiger partial charge >= 0.3 is 11.9 Å². The van der Waals surface area contributed by atoms with Crippen LogP contribution in [-0.4, -0.2) is 56.1 Å². The lowest BCUT2D eigenvalue weighted by Crippen LogP contribution is -2.29. The molecule has 0 aliphatic carbocycles. The van der Waals surface area contributed by atoms with Crippen LogP contribution in [0.1, 0.15) is 32.5 Å². The molecule has 0 spiro atoms. The number of methoxy groups -OCH3 is 2. The van der Waals surface area contributed by atoms with Gasteiger partial charge in [-0.25, -0.2) is 9.78 Å². The smallest absolute Gasteiger partial charge is 0.350 e. The molecule has 1 aromatic heterocycles. The first-order valence-electron chi connectivity index (χ1n) is 11.0. The Kier molecular flexibility index (Phi) is 6.80. The summed E-state index contributed by atoms with van der Waals surface area (Å²) in [6.45, 7) is 1.62. The van der Waals surface area contributed by atoms with Crippen molar-refractivity contribution in [2.24, 2.45) is 0 Å². The number of carbonyl (C=O) groups is 3. The zero-order valence-corrected chi connectivity index (χ0v) is 21.3. The Morgan fingerprint density at radius 3 is 2.42 bits per heavy atom. The van der Waals surface area contributed by atoms with Gasteiger partial charge in [0.05, 0.1) is 31.5 Å². The fourth-order valence-corrected chi connectivity index (χ4v) is 5.00. The second-order valence-electron chi connectivity index (χ2n) is 8.29. The van der Waals surface area contributed by atoms with Gasteiger partial charge in [-0.3, -0.25) is 14.5 Å². The first-order valence-corrected chi connectivity index (χ1v) is 11.8. The number of hydrogen-bond acceptors (Lipinski definition) is 9. The molecule has 1 aliphatic heterocycles. The Bertz CT molecular complexity index is 1380. The first-order chi connectivity index (χ1) is 17.2. The van der Waals surface area contributed by atoms with Gasteiger partial charge in [0.25, 0.3) is 5.78 Å². The normalized spacial score (nSPS) is 16.8. The Morgan fingerprint density at radius 2 is 1.81 bits per heavy atom. The third kappa shape index (κ3) is 4.31. The predicted molar refractivity (Wildman–Crippen MR) is 137 cm³/mol. The number of ketones is 1. The van der Waals surface area contributed by atoms with E-state index < -0.39 is 23.7 Å². The number of aliphatic hydroxyl groups excluding tert-OH is 1. The summed E-state index contributed by atoms with van der Waals surface area (Å²) in [7, 11) is 6.55. The number of thiazole rings is 1. The number of Topliss-reactive ketones (excluding diaryl/α,β-unsaturated/α-hetero) is 1. The van der Waals surface area contributed by atoms with Gasteiger partial charge in [0.2, 0.25) is 0 Å². The highest BCUT2D eigenvalue weighted by atomic mass is 32.1. The molecule has 1 aliphatic rings. The number of aromatic nitrogens is 1. The summed E-state index contributed by atoms with van der Waals surface area (Å²) in [5.74, 6) is -2.15. The van der Waals surface area contributed by atoms with Crippen LogP contribution in [0.4, 0.5) is 10.8 Å². The molecule has 0 saturated carbocycles. The summed E-state index contributed by atoms with van der Waals surface area (Å²) in [6.07, 6.45) is 0. The standard InChI is InChI=1S/C26H25N3O6S/c1-14-23(25(33)35-5)36-26(27-14)29-20(15-9-11-17(12-10-15)28(2)3)19(22(31)24(29)32)21(30)16-7-6-8-18(13-16)34-4/h6-13,20,30H,1-5H3/b21-19+. The molecule has 1 amide bonds. The van der Waals surface area contributed by atoms with Gasteiger partial charge < -0.3 is 19.5 Å². The molecule has 2 heterocycles. The molecule has 1 atom stereocenters. The maximum atomic E-state index is 13.3. The van der Waals surface area contributed by atoms with Crippen molar-refractivity contribution in [2.45, 2.75) is 13.0 Å². The number of amides is 1.